The third-order valence-electron chi connectivity index (χ3n) is 2.54. The molecule has 1 aromatic heterocycles. The number of ketones is 1. The molecule has 0 saturated heterocycles. The van der Waals surface area contributed by atoms with Crippen molar-refractivity contribution in [3.8, 4) is 17.7 Å². The van der Waals surface area contributed by atoms with Gasteiger partial charge in [-0.3, -0.25) is 9.59 Å². The van der Waals surface area contributed by atoms with E-state index in [0.29, 0.717) is 11.3 Å². The van der Waals surface area contributed by atoms with Gasteiger partial charge < -0.3 is 9.72 Å². The molecule has 0 radical (unpaired) electrons. The van der Waals surface area contributed by atoms with E-state index in [9.17, 15) is 9.59 Å². The lowest BCUT2D eigenvalue weighted by Gasteiger charge is -2.06. The summed E-state index contributed by atoms with van der Waals surface area (Å²) in [6.07, 6.45) is 3.83. The molecule has 0 aliphatic heterocycles. The Morgan fingerprint density at radius 3 is 2.71 bits per heavy atom. The highest BCUT2D eigenvalue weighted by Gasteiger charge is 2.08. The molecule has 1 heterocycles. The van der Waals surface area contributed by atoms with E-state index < -0.39 is 5.56 Å². The molecular formula is C15H11N3O3. The van der Waals surface area contributed by atoms with Crippen molar-refractivity contribution in [2.45, 2.75) is 6.92 Å². The molecule has 6 nitrogen and oxygen atoms in total. The maximum Gasteiger partial charge on any atom is 0.261 e. The number of nitriles is 1. The minimum Gasteiger partial charge on any atom is -0.438 e. The van der Waals surface area contributed by atoms with Gasteiger partial charge in [-0.25, -0.2) is 4.98 Å². The van der Waals surface area contributed by atoms with Crippen molar-refractivity contribution in [2.75, 3.05) is 0 Å². The van der Waals surface area contributed by atoms with Crippen LogP contribution in [-0.2, 0) is 4.79 Å². The number of hydrogen-bond acceptors (Lipinski definition) is 5. The lowest BCUT2D eigenvalue weighted by Crippen LogP contribution is -2.11. The van der Waals surface area contributed by atoms with Crippen LogP contribution in [0.3, 0.4) is 0 Å². The molecule has 0 bridgehead atoms. The van der Waals surface area contributed by atoms with Gasteiger partial charge in [0.05, 0.1) is 18.0 Å². The van der Waals surface area contributed by atoms with Crippen LogP contribution in [0.15, 0.2) is 41.5 Å². The summed E-state index contributed by atoms with van der Waals surface area (Å²) in [5, 5.41) is 8.73. The van der Waals surface area contributed by atoms with Gasteiger partial charge >= 0.3 is 0 Å². The molecular weight excluding hydrogens is 270 g/mol. The third kappa shape index (κ3) is 3.64. The second-order valence-electron chi connectivity index (χ2n) is 4.13. The quantitative estimate of drug-likeness (QED) is 0.865. The molecule has 6 heteroatoms. The van der Waals surface area contributed by atoms with E-state index in [0.717, 1.165) is 0 Å². The minimum atomic E-state index is -0.411. The Labute approximate surface area is 120 Å². The molecule has 0 amide bonds. The van der Waals surface area contributed by atoms with Crippen LogP contribution in [0, 0.1) is 11.3 Å². The van der Waals surface area contributed by atoms with Crippen molar-refractivity contribution < 1.29 is 9.53 Å². The highest BCUT2D eigenvalue weighted by atomic mass is 16.5. The van der Waals surface area contributed by atoms with Crippen molar-refractivity contribution >= 4 is 11.9 Å². The van der Waals surface area contributed by atoms with Crippen LogP contribution >= 0.6 is 0 Å². The Hall–Kier alpha value is -3.20. The molecule has 0 aliphatic rings. The Morgan fingerprint density at radius 1 is 1.38 bits per heavy atom. The number of aromatic amines is 1. The summed E-state index contributed by atoms with van der Waals surface area (Å²) in [7, 11) is 0. The number of hydrogen-bond donors (Lipinski definition) is 1. The zero-order chi connectivity index (χ0) is 15.2. The minimum absolute atomic E-state index is 0.0842. The summed E-state index contributed by atoms with van der Waals surface area (Å²) >= 11 is 0. The predicted octanol–water partition coefficient (Wildman–Crippen LogP) is 2.04. The first-order valence-corrected chi connectivity index (χ1v) is 6.04. The molecule has 0 saturated carbocycles. The van der Waals surface area contributed by atoms with Gasteiger partial charge in [0.15, 0.2) is 5.78 Å². The van der Waals surface area contributed by atoms with E-state index in [1.54, 1.807) is 24.3 Å². The first-order chi connectivity index (χ1) is 10.1. The SMILES string of the molecule is CC(=O)/C=C/c1c(Oc2ccc(C#N)cc2)nc[nH]c1=O. The van der Waals surface area contributed by atoms with Gasteiger partial charge in [-0.2, -0.15) is 5.26 Å². The second-order valence-corrected chi connectivity index (χ2v) is 4.13. The molecule has 1 N–H and O–H groups in total. The van der Waals surface area contributed by atoms with Gasteiger partial charge in [0, 0.05) is 0 Å². The van der Waals surface area contributed by atoms with E-state index in [2.05, 4.69) is 9.97 Å². The maximum absolute atomic E-state index is 11.8. The maximum atomic E-state index is 11.8. The topological polar surface area (TPSA) is 95.8 Å². The number of H-pyrrole nitrogens is 1. The molecule has 0 spiro atoms. The van der Waals surface area contributed by atoms with Gasteiger partial charge in [-0.1, -0.05) is 0 Å². The Kier molecular flexibility index (Phi) is 4.26. The average Bonchev–Trinajstić information content (AvgIpc) is 2.47. The second kappa shape index (κ2) is 6.30. The summed E-state index contributed by atoms with van der Waals surface area (Å²) in [6, 6.07) is 8.37. The van der Waals surface area contributed by atoms with Crippen LogP contribution in [0.1, 0.15) is 18.1 Å². The van der Waals surface area contributed by atoms with Gasteiger partial charge in [-0.15, -0.1) is 0 Å². The first-order valence-electron chi connectivity index (χ1n) is 6.04. The molecule has 1 aromatic carbocycles. The van der Waals surface area contributed by atoms with Crippen molar-refractivity contribution in [1.29, 1.82) is 5.26 Å². The third-order valence-corrected chi connectivity index (χ3v) is 2.54. The highest BCUT2D eigenvalue weighted by Crippen LogP contribution is 2.21. The number of ether oxygens (including phenoxy) is 1. The fraction of sp³-hybridized carbons (Fsp3) is 0.0667. The van der Waals surface area contributed by atoms with E-state index in [-0.39, 0.29) is 17.2 Å². The van der Waals surface area contributed by atoms with Gasteiger partial charge in [0.2, 0.25) is 5.88 Å². The van der Waals surface area contributed by atoms with Crippen molar-refractivity contribution in [2.24, 2.45) is 0 Å². The van der Waals surface area contributed by atoms with Crippen LogP contribution in [-0.4, -0.2) is 15.8 Å². The molecule has 0 aliphatic carbocycles. The number of nitrogens with one attached hydrogen (secondary N) is 1. The van der Waals surface area contributed by atoms with E-state index in [1.807, 2.05) is 6.07 Å². The molecule has 104 valence electrons. The lowest BCUT2D eigenvalue weighted by atomic mass is 10.2. The van der Waals surface area contributed by atoms with Crippen LogP contribution in [0.4, 0.5) is 0 Å². The normalized spacial score (nSPS) is 10.3. The highest BCUT2D eigenvalue weighted by molar-refractivity contribution is 5.91. The van der Waals surface area contributed by atoms with Crippen molar-refractivity contribution in [3.05, 3.63) is 58.1 Å². The van der Waals surface area contributed by atoms with Gasteiger partial charge in [-0.05, 0) is 43.3 Å². The smallest absolute Gasteiger partial charge is 0.261 e. The number of rotatable bonds is 4. The van der Waals surface area contributed by atoms with Gasteiger partial charge in [0.1, 0.15) is 11.3 Å². The van der Waals surface area contributed by atoms with E-state index in [4.69, 9.17) is 10.00 Å². The number of aromatic nitrogens is 2. The average molecular weight is 281 g/mol. The number of carbonyl (C=O) groups is 1. The Morgan fingerprint density at radius 2 is 2.10 bits per heavy atom. The fourth-order valence-corrected chi connectivity index (χ4v) is 1.53. The fourth-order valence-electron chi connectivity index (χ4n) is 1.53. The molecule has 0 fully saturated rings. The number of allylic oxidation sites excluding steroid dienone is 1. The molecule has 2 rings (SSSR count). The Balaban J connectivity index is 2.35. The zero-order valence-electron chi connectivity index (χ0n) is 11.2. The first kappa shape index (κ1) is 14.2. The lowest BCUT2D eigenvalue weighted by molar-refractivity contribution is -0.112. The van der Waals surface area contributed by atoms with Crippen LogP contribution < -0.4 is 10.3 Å². The number of nitrogens with zero attached hydrogens (tertiary/aromatic N) is 2. The van der Waals surface area contributed by atoms with Crippen molar-refractivity contribution in [1.82, 2.24) is 9.97 Å². The van der Waals surface area contributed by atoms with Crippen LogP contribution in [0.2, 0.25) is 0 Å². The molecule has 2 aromatic rings. The summed E-state index contributed by atoms with van der Waals surface area (Å²) in [5.74, 6) is 0.327. The molecule has 0 atom stereocenters. The number of benzene rings is 1. The van der Waals surface area contributed by atoms with E-state index >= 15 is 0 Å². The monoisotopic (exact) mass is 281 g/mol. The van der Waals surface area contributed by atoms with E-state index in [1.165, 1.54) is 25.4 Å². The molecule has 0 unspecified atom stereocenters. The molecule has 21 heavy (non-hydrogen) atoms. The van der Waals surface area contributed by atoms with Gasteiger partial charge in [0.25, 0.3) is 5.56 Å². The summed E-state index contributed by atoms with van der Waals surface area (Å²) < 4.78 is 5.52. The Bertz CT molecular complexity index is 783. The summed E-state index contributed by atoms with van der Waals surface area (Å²) in [5.41, 5.74) is 0.237. The largest absolute Gasteiger partial charge is 0.438 e. The van der Waals surface area contributed by atoms with Crippen LogP contribution in [0.5, 0.6) is 11.6 Å². The zero-order valence-corrected chi connectivity index (χ0v) is 11.2. The van der Waals surface area contributed by atoms with Crippen molar-refractivity contribution in [3.63, 3.8) is 0 Å². The summed E-state index contributed by atoms with van der Waals surface area (Å²) in [4.78, 5) is 29.1. The van der Waals surface area contributed by atoms with Crippen LogP contribution in [0.25, 0.3) is 6.08 Å². The standard InChI is InChI=1S/C15H11N3O3/c1-10(19)2-7-13-14(20)17-9-18-15(13)21-12-5-3-11(8-16)4-6-12/h2-7,9H,1H3,(H,17,18,20)/b7-2+. The summed E-state index contributed by atoms with van der Waals surface area (Å²) in [6.45, 7) is 1.38. The number of carbonyl (C=O) groups excluding carboxylic acids is 1. The predicted molar refractivity (Wildman–Crippen MR) is 75.8 cm³/mol.